The van der Waals surface area contributed by atoms with E-state index in [-0.39, 0.29) is 0 Å². The predicted octanol–water partition coefficient (Wildman–Crippen LogP) is 3.67. The van der Waals surface area contributed by atoms with Gasteiger partial charge in [0.1, 0.15) is 11.0 Å². The first-order valence-corrected chi connectivity index (χ1v) is 11.5. The molecule has 0 radical (unpaired) electrons. The molecule has 4 atom stereocenters. The Morgan fingerprint density at radius 1 is 1.00 bits per heavy atom. The molecule has 4 heterocycles. The molecule has 31 heavy (non-hydrogen) atoms. The summed E-state index contributed by atoms with van der Waals surface area (Å²) in [7, 11) is 0. The van der Waals surface area contributed by atoms with Crippen LogP contribution < -0.4 is 0 Å². The van der Waals surface area contributed by atoms with Crippen molar-refractivity contribution < 1.29 is 9.42 Å². The van der Waals surface area contributed by atoms with Gasteiger partial charge in [-0.15, -0.1) is 0 Å². The average molecular weight is 417 g/mol. The first kappa shape index (κ1) is 19.0. The number of aromatic nitrogens is 2. The third-order valence-electron chi connectivity index (χ3n) is 7.62. The Bertz CT molecular complexity index is 1080. The quantitative estimate of drug-likeness (QED) is 0.649. The summed E-state index contributed by atoms with van der Waals surface area (Å²) in [6.45, 7) is 2.92. The van der Waals surface area contributed by atoms with Gasteiger partial charge in [-0.1, -0.05) is 42.5 Å². The monoisotopic (exact) mass is 416 g/mol. The van der Waals surface area contributed by atoms with Crippen LogP contribution in [-0.4, -0.2) is 51.2 Å². The number of nitrogens with zero attached hydrogens (tertiary/aromatic N) is 4. The molecule has 0 aliphatic carbocycles. The van der Waals surface area contributed by atoms with E-state index in [0.29, 0.717) is 36.2 Å². The third-order valence-corrected chi connectivity index (χ3v) is 7.62. The van der Waals surface area contributed by atoms with Crippen molar-refractivity contribution in [2.24, 2.45) is 11.8 Å². The fourth-order valence-corrected chi connectivity index (χ4v) is 6.35. The van der Waals surface area contributed by atoms with E-state index >= 15 is 0 Å². The molecule has 0 N–H and O–H groups in total. The SMILES string of the molecule is O=C1CCC[C@H]2[C@@H]3C[C@@H](CN(Cc4cccc5nonc45)C3)[C@H](Cc3ccccc3)N12. The lowest BCUT2D eigenvalue weighted by Gasteiger charge is -2.57. The molecule has 3 saturated heterocycles. The molecule has 3 aliphatic rings. The second kappa shape index (κ2) is 7.75. The zero-order chi connectivity index (χ0) is 20.8. The molecule has 1 amide bonds. The Morgan fingerprint density at radius 3 is 2.77 bits per heavy atom. The van der Waals surface area contributed by atoms with E-state index in [1.54, 1.807) is 0 Å². The summed E-state index contributed by atoms with van der Waals surface area (Å²) in [5.74, 6) is 1.44. The number of hydrogen-bond acceptors (Lipinski definition) is 5. The maximum atomic E-state index is 13.0. The lowest BCUT2D eigenvalue weighted by Crippen LogP contribution is -2.65. The molecule has 6 nitrogen and oxygen atoms in total. The van der Waals surface area contributed by atoms with Gasteiger partial charge in [-0.25, -0.2) is 4.63 Å². The van der Waals surface area contributed by atoms with Gasteiger partial charge in [0.2, 0.25) is 5.91 Å². The van der Waals surface area contributed by atoms with Gasteiger partial charge in [0, 0.05) is 38.1 Å². The van der Waals surface area contributed by atoms with E-state index in [2.05, 4.69) is 56.5 Å². The van der Waals surface area contributed by atoms with E-state index in [4.69, 9.17) is 4.63 Å². The fraction of sp³-hybridized carbons (Fsp3) is 0.480. The standard InChI is InChI=1S/C25H28N4O2/c30-24-11-5-10-22-19-13-20(23(29(22)24)12-17-6-2-1-3-7-17)16-28(15-19)14-18-8-4-9-21-25(18)27-31-26-21/h1-4,6-9,19-20,22-23H,5,10-16H2/t19-,20+,22+,23+/m1/s1. The first-order valence-electron chi connectivity index (χ1n) is 11.5. The second-order valence-corrected chi connectivity index (χ2v) is 9.52. The first-order chi connectivity index (χ1) is 15.3. The van der Waals surface area contributed by atoms with Gasteiger partial charge >= 0.3 is 0 Å². The van der Waals surface area contributed by atoms with Crippen molar-refractivity contribution in [3.63, 3.8) is 0 Å². The van der Waals surface area contributed by atoms with E-state index in [9.17, 15) is 4.79 Å². The molecule has 0 unspecified atom stereocenters. The third kappa shape index (κ3) is 3.43. The van der Waals surface area contributed by atoms with Gasteiger partial charge in [0.05, 0.1) is 0 Å². The lowest BCUT2D eigenvalue weighted by molar-refractivity contribution is -0.152. The smallest absolute Gasteiger partial charge is 0.223 e. The molecule has 2 aromatic carbocycles. The van der Waals surface area contributed by atoms with Crippen molar-refractivity contribution in [1.82, 2.24) is 20.1 Å². The number of benzene rings is 2. The number of carbonyl (C=O) groups excluding carboxylic acids is 1. The van der Waals surface area contributed by atoms with Crippen LogP contribution in [0.1, 0.15) is 36.8 Å². The Labute approximate surface area is 182 Å². The topological polar surface area (TPSA) is 62.5 Å². The van der Waals surface area contributed by atoms with E-state index in [0.717, 1.165) is 49.9 Å². The van der Waals surface area contributed by atoms with Crippen molar-refractivity contribution in [1.29, 1.82) is 0 Å². The summed E-state index contributed by atoms with van der Waals surface area (Å²) < 4.78 is 4.97. The Kier molecular flexibility index (Phi) is 4.75. The summed E-state index contributed by atoms with van der Waals surface area (Å²) in [4.78, 5) is 17.9. The largest absolute Gasteiger partial charge is 0.336 e. The second-order valence-electron chi connectivity index (χ2n) is 9.52. The zero-order valence-corrected chi connectivity index (χ0v) is 17.7. The van der Waals surface area contributed by atoms with E-state index in [1.807, 2.05) is 12.1 Å². The van der Waals surface area contributed by atoms with Crippen LogP contribution in [0, 0.1) is 11.8 Å². The van der Waals surface area contributed by atoms with Crippen LogP contribution in [-0.2, 0) is 17.8 Å². The number of piperidine rings is 3. The minimum atomic E-state index is 0.295. The van der Waals surface area contributed by atoms with Crippen molar-refractivity contribution in [3.8, 4) is 0 Å². The van der Waals surface area contributed by atoms with Gasteiger partial charge in [-0.05, 0) is 65.0 Å². The number of carbonyl (C=O) groups is 1. The van der Waals surface area contributed by atoms with Crippen LogP contribution in [0.15, 0.2) is 53.2 Å². The van der Waals surface area contributed by atoms with Crippen LogP contribution in [0.5, 0.6) is 0 Å². The molecule has 1 aromatic heterocycles. The minimum Gasteiger partial charge on any atom is -0.336 e. The molecule has 3 aliphatic heterocycles. The molecule has 2 bridgehead atoms. The number of fused-ring (bicyclic) bond motifs is 5. The average Bonchev–Trinajstić information content (AvgIpc) is 3.28. The lowest BCUT2D eigenvalue weighted by atomic mass is 9.70. The molecule has 3 fully saturated rings. The highest BCUT2D eigenvalue weighted by Gasteiger charge is 2.49. The van der Waals surface area contributed by atoms with E-state index < -0.39 is 0 Å². The molecular weight excluding hydrogens is 388 g/mol. The molecule has 160 valence electrons. The molecular formula is C25H28N4O2. The van der Waals surface area contributed by atoms with E-state index in [1.165, 1.54) is 17.5 Å². The fourth-order valence-electron chi connectivity index (χ4n) is 6.35. The zero-order valence-electron chi connectivity index (χ0n) is 17.7. The van der Waals surface area contributed by atoms with Gasteiger partial charge in [-0.2, -0.15) is 0 Å². The Balaban J connectivity index is 1.29. The highest BCUT2D eigenvalue weighted by Crippen LogP contribution is 2.43. The number of likely N-dealkylation sites (tertiary alicyclic amines) is 1. The van der Waals surface area contributed by atoms with Crippen molar-refractivity contribution in [2.45, 2.75) is 50.7 Å². The molecule has 3 aromatic rings. The van der Waals surface area contributed by atoms with Crippen LogP contribution in [0.25, 0.3) is 11.0 Å². The normalized spacial score (nSPS) is 28.6. The summed E-state index contributed by atoms with van der Waals surface area (Å²) in [6.07, 6.45) is 5.08. The van der Waals surface area contributed by atoms with Crippen LogP contribution >= 0.6 is 0 Å². The minimum absolute atomic E-state index is 0.295. The summed E-state index contributed by atoms with van der Waals surface area (Å²) >= 11 is 0. The van der Waals surface area contributed by atoms with Crippen LogP contribution in [0.2, 0.25) is 0 Å². The Hall–Kier alpha value is -2.73. The van der Waals surface area contributed by atoms with Crippen molar-refractivity contribution in [3.05, 3.63) is 59.7 Å². The van der Waals surface area contributed by atoms with Crippen LogP contribution in [0.4, 0.5) is 0 Å². The molecule has 6 heteroatoms. The van der Waals surface area contributed by atoms with Crippen molar-refractivity contribution in [2.75, 3.05) is 13.1 Å². The predicted molar refractivity (Wildman–Crippen MR) is 117 cm³/mol. The summed E-state index contributed by atoms with van der Waals surface area (Å²) in [5, 5.41) is 8.14. The van der Waals surface area contributed by atoms with Gasteiger partial charge in [-0.3, -0.25) is 9.69 Å². The molecule has 0 saturated carbocycles. The number of rotatable bonds is 4. The maximum absolute atomic E-state index is 13.0. The number of amides is 1. The van der Waals surface area contributed by atoms with Crippen molar-refractivity contribution >= 4 is 16.9 Å². The highest BCUT2D eigenvalue weighted by molar-refractivity contribution is 5.78. The van der Waals surface area contributed by atoms with Gasteiger partial charge in [0.25, 0.3) is 0 Å². The van der Waals surface area contributed by atoms with Gasteiger partial charge in [0.15, 0.2) is 0 Å². The summed E-state index contributed by atoms with van der Waals surface area (Å²) in [5.41, 5.74) is 4.20. The van der Waals surface area contributed by atoms with Crippen LogP contribution in [0.3, 0.4) is 0 Å². The summed E-state index contributed by atoms with van der Waals surface area (Å²) in [6, 6.07) is 17.5. The molecule has 6 rings (SSSR count). The Morgan fingerprint density at radius 2 is 1.87 bits per heavy atom. The highest BCUT2D eigenvalue weighted by atomic mass is 16.6. The molecule has 0 spiro atoms. The van der Waals surface area contributed by atoms with Gasteiger partial charge < -0.3 is 4.90 Å². The number of hydrogen-bond donors (Lipinski definition) is 0. The maximum Gasteiger partial charge on any atom is 0.223 e.